The molecule has 0 saturated heterocycles. The van der Waals surface area contributed by atoms with Crippen molar-refractivity contribution in [3.05, 3.63) is 64.5 Å². The number of aliphatic hydroxyl groups is 2. The predicted octanol–water partition coefficient (Wildman–Crippen LogP) is 7.02. The van der Waals surface area contributed by atoms with Gasteiger partial charge in [0.25, 0.3) is 0 Å². The highest BCUT2D eigenvalue weighted by Crippen LogP contribution is 2.71. The first kappa shape index (κ1) is 37.9. The van der Waals surface area contributed by atoms with Crippen LogP contribution in [-0.4, -0.2) is 75.0 Å². The van der Waals surface area contributed by atoms with E-state index >= 15 is 0 Å². The standard InChI is InChI=1S/C42H55N9O3S/c1-25-9-11-32-31(16-25)46-38(55-32)48-35-26(2)28-8-7-14-51(36(28)50-49-35)33-12-10-29(34(47-33)37(52)53)30(17-43)27(3)45-24-41-19-39(4)18-40(5,20-41)22-42(21-39,23-41)54-15-13-44-6/h9-12,16-17,37,44,52-53H,7-8,13-15,18-24,43H2,1-6H3,(H,46,48,49)/b30-17+,45-27?. The van der Waals surface area contributed by atoms with E-state index in [1.54, 1.807) is 11.3 Å². The molecule has 2 atom stereocenters. The Labute approximate surface area is 327 Å². The minimum atomic E-state index is -1.82. The maximum atomic E-state index is 10.7. The highest BCUT2D eigenvalue weighted by Gasteiger charge is 2.66. The van der Waals surface area contributed by atoms with Gasteiger partial charge in [-0.3, -0.25) is 4.99 Å². The van der Waals surface area contributed by atoms with E-state index < -0.39 is 6.29 Å². The normalized spacial score (nSPS) is 27.7. The van der Waals surface area contributed by atoms with Gasteiger partial charge in [-0.15, -0.1) is 10.2 Å². The molecule has 13 heteroatoms. The van der Waals surface area contributed by atoms with Gasteiger partial charge in [0.05, 0.1) is 22.4 Å². The van der Waals surface area contributed by atoms with Crippen molar-refractivity contribution < 1.29 is 14.9 Å². The molecule has 4 aromatic rings. The number of aromatic nitrogens is 4. The second kappa shape index (κ2) is 14.2. The van der Waals surface area contributed by atoms with E-state index in [4.69, 9.17) is 25.4 Å². The number of hydrogen-bond acceptors (Lipinski definition) is 13. The summed E-state index contributed by atoms with van der Waals surface area (Å²) >= 11 is 1.59. The number of hydrogen-bond donors (Lipinski definition) is 5. The van der Waals surface area contributed by atoms with Crippen molar-refractivity contribution in [1.82, 2.24) is 25.5 Å². The molecular formula is C42H55N9O3S. The fourth-order valence-corrected chi connectivity index (χ4v) is 12.3. The van der Waals surface area contributed by atoms with Gasteiger partial charge < -0.3 is 36.2 Å². The molecule has 2 unspecified atom stereocenters. The van der Waals surface area contributed by atoms with Gasteiger partial charge in [-0.2, -0.15) is 0 Å². The smallest absolute Gasteiger partial charge is 0.196 e. The van der Waals surface area contributed by atoms with Crippen LogP contribution >= 0.6 is 11.3 Å². The van der Waals surface area contributed by atoms with Gasteiger partial charge in [0.1, 0.15) is 11.5 Å². The van der Waals surface area contributed by atoms with Gasteiger partial charge in [-0.25, -0.2) is 9.97 Å². The summed E-state index contributed by atoms with van der Waals surface area (Å²) in [6.45, 7) is 13.9. The van der Waals surface area contributed by atoms with Crippen LogP contribution in [0.5, 0.6) is 0 Å². The average molecular weight is 766 g/mol. The fourth-order valence-electron chi connectivity index (χ4n) is 11.4. The Bertz CT molecular complexity index is 2160. The molecule has 9 rings (SSSR count). The third-order valence-electron chi connectivity index (χ3n) is 12.5. The number of rotatable bonds is 12. The highest BCUT2D eigenvalue weighted by molar-refractivity contribution is 7.22. The number of anilines is 4. The van der Waals surface area contributed by atoms with Crippen LogP contribution in [0.4, 0.5) is 22.6 Å². The number of aliphatic imine (C=N–C) groups is 1. The molecule has 3 aromatic heterocycles. The predicted molar refractivity (Wildman–Crippen MR) is 220 cm³/mol. The van der Waals surface area contributed by atoms with Crippen LogP contribution in [0.25, 0.3) is 15.8 Å². The maximum Gasteiger partial charge on any atom is 0.196 e. The molecule has 0 amide bonds. The zero-order chi connectivity index (χ0) is 38.8. The lowest BCUT2D eigenvalue weighted by Crippen LogP contribution is -2.64. The van der Waals surface area contributed by atoms with Crippen LogP contribution in [0.15, 0.2) is 41.5 Å². The second-order valence-electron chi connectivity index (χ2n) is 17.6. The van der Waals surface area contributed by atoms with Crippen LogP contribution < -0.4 is 21.3 Å². The third kappa shape index (κ3) is 7.14. The van der Waals surface area contributed by atoms with Crippen molar-refractivity contribution in [1.29, 1.82) is 0 Å². The van der Waals surface area contributed by atoms with E-state index in [9.17, 15) is 10.2 Å². The van der Waals surface area contributed by atoms with Crippen molar-refractivity contribution in [3.8, 4) is 0 Å². The van der Waals surface area contributed by atoms with E-state index in [0.29, 0.717) is 48.3 Å². The number of ether oxygens (including phenoxy) is 1. The van der Waals surface area contributed by atoms with Crippen molar-refractivity contribution >= 4 is 55.4 Å². The number of fused-ring (bicyclic) bond motifs is 2. The van der Waals surface area contributed by atoms with Crippen LogP contribution in [0, 0.1) is 30.1 Å². The Balaban J connectivity index is 1.04. The zero-order valence-electron chi connectivity index (χ0n) is 33.0. The van der Waals surface area contributed by atoms with Crippen LogP contribution in [0.2, 0.25) is 0 Å². The largest absolute Gasteiger partial charge is 0.404 e. The number of nitrogens with one attached hydrogen (secondary N) is 2. The summed E-state index contributed by atoms with van der Waals surface area (Å²) in [5.41, 5.74) is 13.0. The zero-order valence-corrected chi connectivity index (χ0v) is 33.8. The number of thiazole rings is 1. The molecule has 1 aromatic carbocycles. The van der Waals surface area contributed by atoms with Gasteiger partial charge in [-0.05, 0) is 125 Å². The number of nitrogens with two attached hydrogens (primary N) is 1. The Hall–Kier alpha value is -4.01. The van der Waals surface area contributed by atoms with Gasteiger partial charge >= 0.3 is 0 Å². The molecule has 4 heterocycles. The Morgan fingerprint density at radius 2 is 1.84 bits per heavy atom. The van der Waals surface area contributed by atoms with Crippen molar-refractivity contribution in [2.75, 3.05) is 43.5 Å². The number of nitrogens with zero attached hydrogens (tertiary/aromatic N) is 6. The molecule has 55 heavy (non-hydrogen) atoms. The minimum absolute atomic E-state index is 0.0456. The SMILES string of the molecule is CNCCOC12CC3(C)CC(C)(CC(CN=C(C)/C(=C\N)c4ccc(N5CCCc6c5nnc(Nc5nc7cc(C)ccc7s5)c6C)nc4C(O)O)(C3)C1)C2. The Morgan fingerprint density at radius 1 is 1.05 bits per heavy atom. The van der Waals surface area contributed by atoms with Crippen LogP contribution in [0.1, 0.15) is 100.0 Å². The molecule has 6 N–H and O–H groups in total. The molecule has 4 aliphatic carbocycles. The summed E-state index contributed by atoms with van der Waals surface area (Å²) in [5, 5.41) is 38.1. The number of aryl methyl sites for hydroxylation is 1. The Kier molecular flexibility index (Phi) is 9.77. The molecular weight excluding hydrogens is 711 g/mol. The first-order chi connectivity index (χ1) is 26.2. The fraction of sp³-hybridized carbons (Fsp3) is 0.548. The van der Waals surface area contributed by atoms with Crippen molar-refractivity contribution in [2.24, 2.45) is 27.0 Å². The monoisotopic (exact) mass is 765 g/mol. The first-order valence-corrected chi connectivity index (χ1v) is 20.4. The van der Waals surface area contributed by atoms with Crippen LogP contribution in [0.3, 0.4) is 0 Å². The van der Waals surface area contributed by atoms with E-state index in [1.807, 2.05) is 31.0 Å². The van der Waals surface area contributed by atoms with Gasteiger partial charge in [0.2, 0.25) is 0 Å². The lowest BCUT2D eigenvalue weighted by atomic mass is 9.39. The summed E-state index contributed by atoms with van der Waals surface area (Å²) in [4.78, 5) is 16.8. The molecule has 0 spiro atoms. The summed E-state index contributed by atoms with van der Waals surface area (Å²) in [6.07, 6.45) is 8.17. The number of aliphatic hydroxyl groups excluding tert-OH is 1. The molecule has 4 fully saturated rings. The number of benzene rings is 1. The quantitative estimate of drug-likeness (QED) is 0.0571. The number of allylic oxidation sites excluding steroid dienone is 1. The number of pyridine rings is 1. The van der Waals surface area contributed by atoms with Crippen molar-refractivity contribution in [2.45, 2.75) is 97.9 Å². The first-order valence-electron chi connectivity index (χ1n) is 19.6. The molecule has 12 nitrogen and oxygen atoms in total. The topological polar surface area (TPSA) is 167 Å². The van der Waals surface area contributed by atoms with Gasteiger partial charge in [0.15, 0.2) is 23.1 Å². The van der Waals surface area contributed by atoms with Crippen LogP contribution in [-0.2, 0) is 11.2 Å². The molecule has 4 bridgehead atoms. The Morgan fingerprint density at radius 3 is 2.56 bits per heavy atom. The highest BCUT2D eigenvalue weighted by atomic mass is 32.1. The van der Waals surface area contributed by atoms with E-state index in [0.717, 1.165) is 83.7 Å². The summed E-state index contributed by atoms with van der Waals surface area (Å²) in [7, 11) is 1.97. The molecule has 292 valence electrons. The average Bonchev–Trinajstić information content (AvgIpc) is 3.52. The van der Waals surface area contributed by atoms with E-state index in [-0.39, 0.29) is 27.5 Å². The van der Waals surface area contributed by atoms with Crippen molar-refractivity contribution in [3.63, 3.8) is 0 Å². The van der Waals surface area contributed by atoms with Gasteiger partial charge in [0, 0.05) is 53.8 Å². The molecule has 1 aliphatic heterocycles. The molecule has 5 aliphatic rings. The van der Waals surface area contributed by atoms with E-state index in [1.165, 1.54) is 18.2 Å². The maximum absolute atomic E-state index is 10.7. The van der Waals surface area contributed by atoms with Gasteiger partial charge in [-0.1, -0.05) is 31.3 Å². The molecule has 0 radical (unpaired) electrons. The second-order valence-corrected chi connectivity index (χ2v) is 18.7. The molecule has 4 saturated carbocycles. The summed E-state index contributed by atoms with van der Waals surface area (Å²) in [5.74, 6) is 1.95. The minimum Gasteiger partial charge on any atom is -0.404 e. The summed E-state index contributed by atoms with van der Waals surface area (Å²) < 4.78 is 7.84. The number of likely N-dealkylation sites (N-methyl/N-ethyl adjacent to an activating group) is 1. The third-order valence-corrected chi connectivity index (χ3v) is 13.4. The lowest BCUT2D eigenvalue weighted by molar-refractivity contribution is -0.241. The summed E-state index contributed by atoms with van der Waals surface area (Å²) in [6, 6.07) is 10.0. The van der Waals surface area contributed by atoms with E-state index in [2.05, 4.69) is 66.7 Å². The lowest BCUT2D eigenvalue weighted by Gasteiger charge is -2.69.